The lowest BCUT2D eigenvalue weighted by Crippen LogP contribution is -2.47. The second kappa shape index (κ2) is 8.91. The molecule has 3 nitrogen and oxygen atoms in total. The molecule has 2 aliphatic rings. The largest absolute Gasteiger partial charge is 0.462 e. The number of fused-ring (bicyclic) bond motifs is 1. The van der Waals surface area contributed by atoms with E-state index in [1.54, 1.807) is 0 Å². The van der Waals surface area contributed by atoms with Crippen LogP contribution in [0.1, 0.15) is 24.8 Å². The summed E-state index contributed by atoms with van der Waals surface area (Å²) in [5, 5.41) is 12.0. The second-order valence-corrected chi connectivity index (χ2v) is 14.1. The number of rotatable bonds is 7. The number of aliphatic hydroxyl groups excluding tert-OH is 1. The van der Waals surface area contributed by atoms with Gasteiger partial charge in [-0.1, -0.05) is 91.1 Å². The number of benzene rings is 2. The molecule has 2 aromatic carbocycles. The minimum atomic E-state index is -1.76. The highest BCUT2D eigenvalue weighted by Gasteiger charge is 2.54. The van der Waals surface area contributed by atoms with E-state index in [0.29, 0.717) is 18.4 Å². The molecule has 0 unspecified atom stereocenters. The smallest absolute Gasteiger partial charge is 0.306 e. The highest BCUT2D eigenvalue weighted by Crippen LogP contribution is 2.52. The fraction of sp³-hybridized carbons (Fsp3) is 0.423. The van der Waals surface area contributed by atoms with Crippen LogP contribution in [-0.2, 0) is 16.0 Å². The summed E-state index contributed by atoms with van der Waals surface area (Å²) < 4.78 is 5.68. The van der Waals surface area contributed by atoms with Crippen LogP contribution in [0.5, 0.6) is 0 Å². The molecule has 0 radical (unpaired) electrons. The maximum atomic E-state index is 11.9. The van der Waals surface area contributed by atoms with Crippen molar-refractivity contribution in [3.63, 3.8) is 0 Å². The molecule has 0 bridgehead atoms. The normalized spacial score (nSPS) is 27.2. The van der Waals surface area contributed by atoms with Crippen molar-refractivity contribution in [1.82, 2.24) is 0 Å². The third-order valence-electron chi connectivity index (χ3n) is 7.18. The number of ether oxygens (including phenoxy) is 1. The van der Waals surface area contributed by atoms with Crippen LogP contribution in [0.3, 0.4) is 0 Å². The predicted octanol–water partition coefficient (Wildman–Crippen LogP) is 4.47. The second-order valence-electron chi connectivity index (χ2n) is 9.38. The molecule has 4 rings (SSSR count). The van der Waals surface area contributed by atoms with Gasteiger partial charge in [-0.3, -0.25) is 4.79 Å². The van der Waals surface area contributed by atoms with Crippen molar-refractivity contribution in [1.29, 1.82) is 0 Å². The number of aliphatic hydroxyl groups is 1. The molecule has 1 aliphatic heterocycles. The molecule has 30 heavy (non-hydrogen) atoms. The van der Waals surface area contributed by atoms with Crippen LogP contribution in [0.15, 0.2) is 72.8 Å². The van der Waals surface area contributed by atoms with Crippen molar-refractivity contribution in [3.8, 4) is 0 Å². The summed E-state index contributed by atoms with van der Waals surface area (Å²) in [6.07, 6.45) is 6.78. The van der Waals surface area contributed by atoms with Gasteiger partial charge in [-0.15, -0.1) is 0 Å². The summed E-state index contributed by atoms with van der Waals surface area (Å²) in [7, 11) is -1.76. The number of carbonyl (C=O) groups excluding carboxylic acids is 1. The van der Waals surface area contributed by atoms with Crippen LogP contribution >= 0.6 is 0 Å². The highest BCUT2D eigenvalue weighted by molar-refractivity contribution is 6.91. The zero-order valence-electron chi connectivity index (χ0n) is 17.9. The molecule has 2 fully saturated rings. The van der Waals surface area contributed by atoms with E-state index < -0.39 is 14.2 Å². The molecule has 1 heterocycles. The van der Waals surface area contributed by atoms with Gasteiger partial charge in [0.05, 0.1) is 20.6 Å². The van der Waals surface area contributed by atoms with E-state index >= 15 is 0 Å². The van der Waals surface area contributed by atoms with Gasteiger partial charge in [0.2, 0.25) is 0 Å². The molecular weight excluding hydrogens is 388 g/mol. The van der Waals surface area contributed by atoms with Crippen LogP contribution in [-0.4, -0.2) is 31.4 Å². The summed E-state index contributed by atoms with van der Waals surface area (Å²) in [4.78, 5) is 11.9. The minimum Gasteiger partial charge on any atom is -0.462 e. The van der Waals surface area contributed by atoms with Gasteiger partial charge in [0.25, 0.3) is 0 Å². The van der Waals surface area contributed by atoms with Crippen molar-refractivity contribution in [2.24, 2.45) is 11.8 Å². The molecular formula is C26H32O3Si. The monoisotopic (exact) mass is 420 g/mol. The quantitative estimate of drug-likeness (QED) is 0.408. The first-order valence-electron chi connectivity index (χ1n) is 11.1. The van der Waals surface area contributed by atoms with E-state index in [4.69, 9.17) is 4.74 Å². The zero-order valence-corrected chi connectivity index (χ0v) is 18.9. The summed E-state index contributed by atoms with van der Waals surface area (Å²) >= 11 is 0. The standard InChI is InChI=1S/C26H32O3Si/c1-30(2,21-11-7-4-8-12-21)25-18-24-23(17-26(28)29-24)22(25)16-15-20(27)14-13-19-9-5-3-6-10-19/h3-12,15-16,20,22-25,27H,13-14,17-18H2,1-2H3/b16-15+/t20-,22+,23+,24-,25+/m0/s1. The van der Waals surface area contributed by atoms with Crippen LogP contribution < -0.4 is 5.19 Å². The van der Waals surface area contributed by atoms with Crippen LogP contribution in [0, 0.1) is 11.8 Å². The van der Waals surface area contributed by atoms with Crippen LogP contribution in [0.4, 0.5) is 0 Å². The Hall–Kier alpha value is -2.17. The van der Waals surface area contributed by atoms with Crippen molar-refractivity contribution >= 4 is 19.2 Å². The van der Waals surface area contributed by atoms with Gasteiger partial charge in [0, 0.05) is 5.92 Å². The Labute approximate surface area is 180 Å². The molecule has 0 amide bonds. The molecule has 1 N–H and O–H groups in total. The fourth-order valence-electron chi connectivity index (χ4n) is 5.39. The van der Waals surface area contributed by atoms with Gasteiger partial charge in [-0.25, -0.2) is 0 Å². The Morgan fingerprint density at radius 1 is 1.10 bits per heavy atom. The number of aryl methyl sites for hydroxylation is 1. The van der Waals surface area contributed by atoms with Crippen molar-refractivity contribution in [2.45, 2.75) is 56.5 Å². The lowest BCUT2D eigenvalue weighted by Gasteiger charge is -2.34. The lowest BCUT2D eigenvalue weighted by molar-refractivity contribution is -0.141. The number of carbonyl (C=O) groups is 1. The molecule has 0 aromatic heterocycles. The van der Waals surface area contributed by atoms with Gasteiger partial charge in [0.15, 0.2) is 0 Å². The van der Waals surface area contributed by atoms with Crippen LogP contribution in [0.2, 0.25) is 18.6 Å². The van der Waals surface area contributed by atoms with E-state index in [9.17, 15) is 9.90 Å². The molecule has 0 spiro atoms. The van der Waals surface area contributed by atoms with Gasteiger partial charge >= 0.3 is 5.97 Å². The molecule has 5 atom stereocenters. The Bertz CT molecular complexity index is 878. The third-order valence-corrected chi connectivity index (χ3v) is 11.5. The van der Waals surface area contributed by atoms with E-state index in [1.807, 2.05) is 24.3 Å². The summed E-state index contributed by atoms with van der Waals surface area (Å²) in [5.74, 6) is 0.468. The molecule has 1 aliphatic carbocycles. The van der Waals surface area contributed by atoms with Crippen LogP contribution in [0.25, 0.3) is 0 Å². The first-order chi connectivity index (χ1) is 14.4. The maximum absolute atomic E-state index is 11.9. The van der Waals surface area contributed by atoms with Gasteiger partial charge in [0.1, 0.15) is 6.10 Å². The summed E-state index contributed by atoms with van der Waals surface area (Å²) in [5.41, 5.74) is 1.75. The molecule has 4 heteroatoms. The Morgan fingerprint density at radius 3 is 2.47 bits per heavy atom. The third kappa shape index (κ3) is 4.45. The molecule has 2 aromatic rings. The highest BCUT2D eigenvalue weighted by atomic mass is 28.3. The van der Waals surface area contributed by atoms with E-state index in [1.165, 1.54) is 10.8 Å². The Morgan fingerprint density at radius 2 is 1.77 bits per heavy atom. The number of esters is 1. The summed E-state index contributed by atoms with van der Waals surface area (Å²) in [6, 6.07) is 21.1. The van der Waals surface area contributed by atoms with Gasteiger partial charge < -0.3 is 9.84 Å². The van der Waals surface area contributed by atoms with E-state index in [2.05, 4.69) is 61.6 Å². The van der Waals surface area contributed by atoms with Crippen molar-refractivity contribution < 1.29 is 14.6 Å². The first kappa shape index (κ1) is 21.1. The Kier molecular flexibility index (Phi) is 6.26. The van der Waals surface area contributed by atoms with Crippen molar-refractivity contribution in [3.05, 3.63) is 78.4 Å². The fourth-order valence-corrected chi connectivity index (χ4v) is 9.01. The lowest BCUT2D eigenvalue weighted by atomic mass is 9.92. The average Bonchev–Trinajstić information content (AvgIpc) is 3.28. The number of hydrogen-bond donors (Lipinski definition) is 1. The molecule has 158 valence electrons. The van der Waals surface area contributed by atoms with Gasteiger partial charge in [-0.2, -0.15) is 0 Å². The number of hydrogen-bond acceptors (Lipinski definition) is 3. The summed E-state index contributed by atoms with van der Waals surface area (Å²) in [6.45, 7) is 4.87. The topological polar surface area (TPSA) is 46.5 Å². The number of allylic oxidation sites excluding steroid dienone is 1. The average molecular weight is 421 g/mol. The minimum absolute atomic E-state index is 0.0362. The van der Waals surface area contributed by atoms with E-state index in [0.717, 1.165) is 12.8 Å². The first-order valence-corrected chi connectivity index (χ1v) is 14.2. The van der Waals surface area contributed by atoms with Crippen molar-refractivity contribution in [2.75, 3.05) is 0 Å². The molecule has 1 saturated carbocycles. The van der Waals surface area contributed by atoms with Gasteiger partial charge in [-0.05, 0) is 36.3 Å². The zero-order chi connectivity index (χ0) is 21.1. The predicted molar refractivity (Wildman–Crippen MR) is 123 cm³/mol. The Balaban J connectivity index is 1.50. The van der Waals surface area contributed by atoms with E-state index in [-0.39, 0.29) is 23.9 Å². The maximum Gasteiger partial charge on any atom is 0.306 e. The SMILES string of the molecule is C[Si](C)(c1ccccc1)[C@@H]1C[C@@H]2OC(=O)C[C@@H]2[C@H]1/C=C/[C@@H](O)CCc1ccccc1. The molecule has 1 saturated heterocycles.